The van der Waals surface area contributed by atoms with Crippen LogP contribution in [-0.4, -0.2) is 7.11 Å². The highest BCUT2D eigenvalue weighted by Gasteiger charge is 2.34. The molecule has 2 aromatic rings. The Hall–Kier alpha value is -2.11. The summed E-state index contributed by atoms with van der Waals surface area (Å²) in [7, 11) is 1.10. The average molecular weight is 288 g/mol. The van der Waals surface area contributed by atoms with Crippen LogP contribution in [0.5, 0.6) is 5.75 Å². The summed E-state index contributed by atoms with van der Waals surface area (Å²) in [5.41, 5.74) is -1.35. The summed E-state index contributed by atoms with van der Waals surface area (Å²) in [5.74, 6) is -2.68. The molecule has 0 unspecified atom stereocenters. The van der Waals surface area contributed by atoms with E-state index in [2.05, 4.69) is 4.74 Å². The predicted molar refractivity (Wildman–Crippen MR) is 63.3 cm³/mol. The van der Waals surface area contributed by atoms with Gasteiger partial charge in [-0.1, -0.05) is 18.2 Å². The number of halogens is 5. The molecule has 0 aromatic heterocycles. The van der Waals surface area contributed by atoms with Crippen LogP contribution < -0.4 is 4.74 Å². The van der Waals surface area contributed by atoms with Crippen LogP contribution in [0.4, 0.5) is 22.0 Å². The Bertz CT molecular complexity index is 634. The summed E-state index contributed by atoms with van der Waals surface area (Å²) in [6, 6.07) is 6.38. The van der Waals surface area contributed by atoms with Gasteiger partial charge in [-0.05, 0) is 23.8 Å². The van der Waals surface area contributed by atoms with Crippen molar-refractivity contribution in [2.24, 2.45) is 0 Å². The van der Waals surface area contributed by atoms with Crippen molar-refractivity contribution >= 4 is 0 Å². The Morgan fingerprint density at radius 1 is 1.00 bits per heavy atom. The highest BCUT2D eigenvalue weighted by atomic mass is 19.4. The smallest absolute Gasteiger partial charge is 0.419 e. The number of alkyl halides is 3. The Morgan fingerprint density at radius 3 is 2.30 bits per heavy atom. The molecule has 2 aromatic carbocycles. The van der Waals surface area contributed by atoms with Gasteiger partial charge in [0.2, 0.25) is 0 Å². The number of methoxy groups -OCH3 is 1. The molecule has 6 heteroatoms. The number of hydrogen-bond donors (Lipinski definition) is 0. The third-order valence-corrected chi connectivity index (χ3v) is 2.77. The minimum Gasteiger partial charge on any atom is -0.496 e. The average Bonchev–Trinajstić information content (AvgIpc) is 2.40. The molecule has 2 rings (SSSR count). The van der Waals surface area contributed by atoms with Gasteiger partial charge in [-0.15, -0.1) is 0 Å². The quantitative estimate of drug-likeness (QED) is 0.730. The molecule has 0 aliphatic carbocycles. The standard InChI is InChI=1S/C14H9F5O/c1-20-12-6-5-8(7-10(12)14(17,18)19)9-3-2-4-11(15)13(9)16/h2-7H,1H3. The van der Waals surface area contributed by atoms with E-state index in [9.17, 15) is 22.0 Å². The maximum absolute atomic E-state index is 13.6. The summed E-state index contributed by atoms with van der Waals surface area (Å²) in [6.07, 6.45) is -4.65. The van der Waals surface area contributed by atoms with Crippen molar-refractivity contribution in [1.29, 1.82) is 0 Å². The van der Waals surface area contributed by atoms with Gasteiger partial charge < -0.3 is 4.74 Å². The fraction of sp³-hybridized carbons (Fsp3) is 0.143. The number of ether oxygens (including phenoxy) is 1. The van der Waals surface area contributed by atoms with E-state index < -0.39 is 23.4 Å². The summed E-state index contributed by atoms with van der Waals surface area (Å²) in [4.78, 5) is 0. The van der Waals surface area contributed by atoms with Crippen molar-refractivity contribution in [3.63, 3.8) is 0 Å². The summed E-state index contributed by atoms with van der Waals surface area (Å²) in [5, 5.41) is 0. The van der Waals surface area contributed by atoms with Gasteiger partial charge in [0, 0.05) is 5.56 Å². The van der Waals surface area contributed by atoms with Crippen molar-refractivity contribution in [3.05, 3.63) is 53.6 Å². The van der Waals surface area contributed by atoms with Crippen molar-refractivity contribution in [2.45, 2.75) is 6.18 Å². The number of hydrogen-bond acceptors (Lipinski definition) is 1. The molecule has 0 fully saturated rings. The molecule has 20 heavy (non-hydrogen) atoms. The molecule has 106 valence electrons. The molecule has 0 bridgehead atoms. The molecular formula is C14H9F5O. The van der Waals surface area contributed by atoms with Crippen molar-refractivity contribution in [1.82, 2.24) is 0 Å². The van der Waals surface area contributed by atoms with E-state index in [0.29, 0.717) is 0 Å². The van der Waals surface area contributed by atoms with Crippen molar-refractivity contribution in [2.75, 3.05) is 7.11 Å². The Labute approximate surface area is 111 Å². The van der Waals surface area contributed by atoms with Crippen LogP contribution in [-0.2, 0) is 6.18 Å². The molecule has 0 radical (unpaired) electrons. The van der Waals surface area contributed by atoms with Gasteiger partial charge in [0.05, 0.1) is 12.7 Å². The van der Waals surface area contributed by atoms with E-state index in [-0.39, 0.29) is 16.9 Å². The zero-order valence-corrected chi connectivity index (χ0v) is 10.3. The SMILES string of the molecule is COc1ccc(-c2cccc(F)c2F)cc1C(F)(F)F. The summed E-state index contributed by atoms with van der Waals surface area (Å²) in [6.45, 7) is 0. The van der Waals surface area contributed by atoms with Crippen LogP contribution in [0.2, 0.25) is 0 Å². The van der Waals surface area contributed by atoms with E-state index in [1.54, 1.807) is 0 Å². The fourth-order valence-electron chi connectivity index (χ4n) is 1.82. The van der Waals surface area contributed by atoms with Gasteiger partial charge in [-0.25, -0.2) is 8.78 Å². The van der Waals surface area contributed by atoms with Crippen LogP contribution in [0.15, 0.2) is 36.4 Å². The van der Waals surface area contributed by atoms with Gasteiger partial charge in [-0.2, -0.15) is 13.2 Å². The molecule has 0 saturated carbocycles. The molecule has 0 spiro atoms. The first-order chi connectivity index (χ1) is 9.34. The fourth-order valence-corrected chi connectivity index (χ4v) is 1.82. The second-order valence-electron chi connectivity index (χ2n) is 4.01. The molecule has 0 aliphatic rings. The maximum Gasteiger partial charge on any atom is 0.419 e. The maximum atomic E-state index is 13.6. The number of benzene rings is 2. The highest BCUT2D eigenvalue weighted by Crippen LogP contribution is 2.39. The lowest BCUT2D eigenvalue weighted by Crippen LogP contribution is -2.07. The van der Waals surface area contributed by atoms with E-state index in [4.69, 9.17) is 0 Å². The second-order valence-corrected chi connectivity index (χ2v) is 4.01. The lowest BCUT2D eigenvalue weighted by atomic mass is 10.0. The van der Waals surface area contributed by atoms with Crippen molar-refractivity contribution in [3.8, 4) is 16.9 Å². The van der Waals surface area contributed by atoms with Crippen LogP contribution in [0.3, 0.4) is 0 Å². The van der Waals surface area contributed by atoms with Gasteiger partial charge in [0.1, 0.15) is 5.75 Å². The first-order valence-corrected chi connectivity index (χ1v) is 5.54. The molecule has 0 heterocycles. The third kappa shape index (κ3) is 2.59. The lowest BCUT2D eigenvalue weighted by Gasteiger charge is -2.14. The van der Waals surface area contributed by atoms with Gasteiger partial charge in [0.25, 0.3) is 0 Å². The zero-order chi connectivity index (χ0) is 14.9. The minimum absolute atomic E-state index is 0.0740. The monoisotopic (exact) mass is 288 g/mol. The molecule has 0 atom stereocenters. The Kier molecular flexibility index (Phi) is 3.65. The second kappa shape index (κ2) is 5.11. The first-order valence-electron chi connectivity index (χ1n) is 5.54. The van der Waals surface area contributed by atoms with Gasteiger partial charge in [0.15, 0.2) is 11.6 Å². The van der Waals surface area contributed by atoms with Crippen LogP contribution >= 0.6 is 0 Å². The van der Waals surface area contributed by atoms with E-state index >= 15 is 0 Å². The predicted octanol–water partition coefficient (Wildman–Crippen LogP) is 4.66. The molecule has 0 N–H and O–H groups in total. The third-order valence-electron chi connectivity index (χ3n) is 2.77. The van der Waals surface area contributed by atoms with E-state index in [0.717, 1.165) is 25.3 Å². The minimum atomic E-state index is -4.65. The first kappa shape index (κ1) is 14.3. The molecule has 0 aliphatic heterocycles. The topological polar surface area (TPSA) is 9.23 Å². The van der Waals surface area contributed by atoms with E-state index in [1.807, 2.05) is 0 Å². The van der Waals surface area contributed by atoms with E-state index in [1.165, 1.54) is 18.2 Å². The summed E-state index contributed by atoms with van der Waals surface area (Å²) >= 11 is 0. The molecule has 0 amide bonds. The Morgan fingerprint density at radius 2 is 1.70 bits per heavy atom. The largest absolute Gasteiger partial charge is 0.496 e. The number of rotatable bonds is 2. The van der Waals surface area contributed by atoms with Crippen molar-refractivity contribution < 1.29 is 26.7 Å². The molecule has 1 nitrogen and oxygen atoms in total. The van der Waals surface area contributed by atoms with Gasteiger partial charge >= 0.3 is 6.18 Å². The van der Waals surface area contributed by atoms with Crippen LogP contribution in [0.1, 0.15) is 5.56 Å². The van der Waals surface area contributed by atoms with Crippen LogP contribution in [0.25, 0.3) is 11.1 Å². The van der Waals surface area contributed by atoms with Crippen LogP contribution in [0, 0.1) is 11.6 Å². The highest BCUT2D eigenvalue weighted by molar-refractivity contribution is 5.66. The Balaban J connectivity index is 2.62. The molecule has 0 saturated heterocycles. The summed E-state index contributed by atoms with van der Waals surface area (Å²) < 4.78 is 70.0. The van der Waals surface area contributed by atoms with Gasteiger partial charge in [-0.3, -0.25) is 0 Å². The zero-order valence-electron chi connectivity index (χ0n) is 10.3. The molecular weight excluding hydrogens is 279 g/mol. The normalized spacial score (nSPS) is 11.5. The lowest BCUT2D eigenvalue weighted by molar-refractivity contribution is -0.138.